The molecular formula is C12H17NO4S. The van der Waals surface area contributed by atoms with E-state index in [1.165, 1.54) is 0 Å². The highest BCUT2D eigenvalue weighted by molar-refractivity contribution is 7.89. The lowest BCUT2D eigenvalue weighted by atomic mass is 9.97. The van der Waals surface area contributed by atoms with E-state index >= 15 is 0 Å². The first-order valence-electron chi connectivity index (χ1n) is 5.47. The molecule has 6 heteroatoms. The van der Waals surface area contributed by atoms with Crippen molar-refractivity contribution in [3.63, 3.8) is 0 Å². The molecule has 1 atom stereocenters. The van der Waals surface area contributed by atoms with Gasteiger partial charge in [0.05, 0.1) is 13.4 Å². The zero-order chi connectivity index (χ0) is 13.8. The number of para-hydroxylation sites is 1. The fraction of sp³-hybridized carbons (Fsp3) is 0.417. The number of hydrogen-bond acceptors (Lipinski definition) is 4. The molecular weight excluding hydrogens is 254 g/mol. The van der Waals surface area contributed by atoms with Crippen molar-refractivity contribution in [1.82, 2.24) is 4.72 Å². The number of carbonyl (C=O) groups is 1. The van der Waals surface area contributed by atoms with Crippen LogP contribution >= 0.6 is 0 Å². The third kappa shape index (κ3) is 4.37. The van der Waals surface area contributed by atoms with Gasteiger partial charge in [-0.2, -0.15) is 0 Å². The second kappa shape index (κ2) is 5.86. The van der Waals surface area contributed by atoms with Gasteiger partial charge in [0, 0.05) is 6.42 Å². The molecule has 1 aromatic rings. The van der Waals surface area contributed by atoms with Gasteiger partial charge in [0.2, 0.25) is 15.9 Å². The van der Waals surface area contributed by atoms with Crippen LogP contribution in [0, 0.1) is 0 Å². The van der Waals surface area contributed by atoms with Crippen LogP contribution in [0.25, 0.3) is 0 Å². The Balaban J connectivity index is 2.76. The largest absolute Gasteiger partial charge is 0.496 e. The van der Waals surface area contributed by atoms with Crippen molar-refractivity contribution in [3.8, 4) is 5.75 Å². The summed E-state index contributed by atoms with van der Waals surface area (Å²) in [4.78, 5) is 11.5. The predicted molar refractivity (Wildman–Crippen MR) is 69.0 cm³/mol. The van der Waals surface area contributed by atoms with Crippen LogP contribution in [0.2, 0.25) is 0 Å². The Hall–Kier alpha value is -1.56. The molecule has 0 radical (unpaired) electrons. The number of benzene rings is 1. The lowest BCUT2D eigenvalue weighted by Crippen LogP contribution is -2.30. The van der Waals surface area contributed by atoms with Gasteiger partial charge in [-0.05, 0) is 17.5 Å². The molecule has 1 rings (SSSR count). The summed E-state index contributed by atoms with van der Waals surface area (Å²) < 4.78 is 29.0. The molecule has 0 bridgehead atoms. The first-order valence-corrected chi connectivity index (χ1v) is 7.36. The maximum Gasteiger partial charge on any atom is 0.234 e. The number of carbonyl (C=O) groups excluding carboxylic acids is 1. The average Bonchev–Trinajstić information content (AvgIpc) is 2.26. The second-order valence-electron chi connectivity index (χ2n) is 4.14. The zero-order valence-corrected chi connectivity index (χ0v) is 11.5. The summed E-state index contributed by atoms with van der Waals surface area (Å²) in [5.41, 5.74) is 0.878. The zero-order valence-electron chi connectivity index (χ0n) is 10.6. The van der Waals surface area contributed by atoms with Gasteiger partial charge in [-0.25, -0.2) is 8.42 Å². The first kappa shape index (κ1) is 14.5. The van der Waals surface area contributed by atoms with Gasteiger partial charge in [0.25, 0.3) is 0 Å². The number of rotatable bonds is 5. The Morgan fingerprint density at radius 2 is 2.00 bits per heavy atom. The molecule has 5 nitrogen and oxygen atoms in total. The number of methoxy groups -OCH3 is 1. The minimum Gasteiger partial charge on any atom is -0.496 e. The van der Waals surface area contributed by atoms with E-state index in [0.29, 0.717) is 5.75 Å². The maximum atomic E-state index is 11.5. The SMILES string of the molecule is COc1ccccc1C(C)CC(=O)NS(C)(=O)=O. The fourth-order valence-electron chi connectivity index (χ4n) is 1.71. The van der Waals surface area contributed by atoms with Gasteiger partial charge in [-0.15, -0.1) is 0 Å². The summed E-state index contributed by atoms with van der Waals surface area (Å²) in [5, 5.41) is 0. The summed E-state index contributed by atoms with van der Waals surface area (Å²) in [6.07, 6.45) is 1.05. The van der Waals surface area contributed by atoms with Crippen LogP contribution < -0.4 is 9.46 Å². The highest BCUT2D eigenvalue weighted by atomic mass is 32.2. The van der Waals surface area contributed by atoms with Crippen LogP contribution in [0.1, 0.15) is 24.8 Å². The maximum absolute atomic E-state index is 11.5. The molecule has 0 aliphatic carbocycles. The van der Waals surface area contributed by atoms with Crippen molar-refractivity contribution in [2.24, 2.45) is 0 Å². The lowest BCUT2D eigenvalue weighted by Gasteiger charge is -2.14. The molecule has 100 valence electrons. The molecule has 1 amide bonds. The van der Waals surface area contributed by atoms with Crippen LogP contribution in [0.5, 0.6) is 5.75 Å². The number of sulfonamides is 1. The van der Waals surface area contributed by atoms with Gasteiger partial charge in [-0.1, -0.05) is 25.1 Å². The van der Waals surface area contributed by atoms with Crippen molar-refractivity contribution in [3.05, 3.63) is 29.8 Å². The number of ether oxygens (including phenoxy) is 1. The number of amides is 1. The van der Waals surface area contributed by atoms with E-state index in [9.17, 15) is 13.2 Å². The Morgan fingerprint density at radius 1 is 1.39 bits per heavy atom. The van der Waals surface area contributed by atoms with Crippen LogP contribution in [0.15, 0.2) is 24.3 Å². The highest BCUT2D eigenvalue weighted by Gasteiger charge is 2.16. The van der Waals surface area contributed by atoms with Crippen molar-refractivity contribution >= 4 is 15.9 Å². The lowest BCUT2D eigenvalue weighted by molar-refractivity contribution is -0.119. The van der Waals surface area contributed by atoms with Crippen LogP contribution in [0.3, 0.4) is 0 Å². The number of nitrogens with one attached hydrogen (secondary N) is 1. The Kier molecular flexibility index (Phi) is 4.72. The van der Waals surface area contributed by atoms with E-state index in [-0.39, 0.29) is 12.3 Å². The third-order valence-electron chi connectivity index (χ3n) is 2.46. The molecule has 0 heterocycles. The first-order chi connectivity index (χ1) is 8.33. The molecule has 0 aliphatic rings. The molecule has 0 spiro atoms. The van der Waals surface area contributed by atoms with E-state index < -0.39 is 15.9 Å². The van der Waals surface area contributed by atoms with Crippen molar-refractivity contribution in [2.75, 3.05) is 13.4 Å². The predicted octanol–water partition coefficient (Wildman–Crippen LogP) is 1.26. The summed E-state index contributed by atoms with van der Waals surface area (Å²) in [7, 11) is -1.94. The van der Waals surface area contributed by atoms with Crippen molar-refractivity contribution in [1.29, 1.82) is 0 Å². The molecule has 1 unspecified atom stereocenters. The van der Waals surface area contributed by atoms with Crippen molar-refractivity contribution in [2.45, 2.75) is 19.3 Å². The minimum atomic E-state index is -3.50. The standard InChI is InChI=1S/C12H17NO4S/c1-9(8-12(14)13-18(3,15)16)10-6-4-5-7-11(10)17-2/h4-7,9H,8H2,1-3H3,(H,13,14). The Morgan fingerprint density at radius 3 is 2.56 bits per heavy atom. The summed E-state index contributed by atoms with van der Waals surface area (Å²) >= 11 is 0. The molecule has 18 heavy (non-hydrogen) atoms. The van der Waals surface area contributed by atoms with Gasteiger partial charge < -0.3 is 4.74 Å². The quantitative estimate of drug-likeness (QED) is 0.875. The molecule has 0 fully saturated rings. The monoisotopic (exact) mass is 271 g/mol. The summed E-state index contributed by atoms with van der Waals surface area (Å²) in [5.74, 6) is 0.0518. The van der Waals surface area contributed by atoms with Gasteiger partial charge >= 0.3 is 0 Å². The Labute approximate surface area is 107 Å². The van der Waals surface area contributed by atoms with E-state index in [4.69, 9.17) is 4.74 Å². The van der Waals surface area contributed by atoms with E-state index in [2.05, 4.69) is 0 Å². The summed E-state index contributed by atoms with van der Waals surface area (Å²) in [6.45, 7) is 1.85. The van der Waals surface area contributed by atoms with Gasteiger partial charge in [-0.3, -0.25) is 9.52 Å². The second-order valence-corrected chi connectivity index (χ2v) is 5.89. The van der Waals surface area contributed by atoms with E-state index in [1.807, 2.05) is 29.8 Å². The van der Waals surface area contributed by atoms with Gasteiger partial charge in [0.1, 0.15) is 5.75 Å². The van der Waals surface area contributed by atoms with Crippen molar-refractivity contribution < 1.29 is 17.9 Å². The van der Waals surface area contributed by atoms with Crippen LogP contribution in [-0.4, -0.2) is 27.7 Å². The minimum absolute atomic E-state index is 0.0907. The molecule has 0 saturated carbocycles. The number of hydrogen-bond donors (Lipinski definition) is 1. The molecule has 0 aromatic heterocycles. The normalized spacial score (nSPS) is 12.8. The Bertz CT molecular complexity index is 525. The molecule has 0 aliphatic heterocycles. The van der Waals surface area contributed by atoms with E-state index in [0.717, 1.165) is 11.8 Å². The average molecular weight is 271 g/mol. The van der Waals surface area contributed by atoms with E-state index in [1.54, 1.807) is 13.2 Å². The molecule has 1 N–H and O–H groups in total. The summed E-state index contributed by atoms with van der Waals surface area (Å²) in [6, 6.07) is 7.35. The smallest absolute Gasteiger partial charge is 0.234 e. The highest BCUT2D eigenvalue weighted by Crippen LogP contribution is 2.28. The molecule has 1 aromatic carbocycles. The van der Waals surface area contributed by atoms with Gasteiger partial charge in [0.15, 0.2) is 0 Å². The van der Waals surface area contributed by atoms with Crippen LogP contribution in [-0.2, 0) is 14.8 Å². The topological polar surface area (TPSA) is 72.5 Å². The molecule has 0 saturated heterocycles. The van der Waals surface area contributed by atoms with Crippen LogP contribution in [0.4, 0.5) is 0 Å². The fourth-order valence-corrected chi connectivity index (χ4v) is 2.21. The third-order valence-corrected chi connectivity index (χ3v) is 3.06.